The quantitative estimate of drug-likeness (QED) is 0.278. The third-order valence-corrected chi connectivity index (χ3v) is 6.22. The molecule has 1 aliphatic rings. The summed E-state index contributed by atoms with van der Waals surface area (Å²) in [7, 11) is 1.57. The van der Waals surface area contributed by atoms with Crippen LogP contribution < -0.4 is 19.6 Å². The summed E-state index contributed by atoms with van der Waals surface area (Å²) in [5.74, 6) is 1.24. The average Bonchev–Trinajstić information content (AvgIpc) is 2.87. The molecule has 5 rings (SSSR count). The Kier molecular flexibility index (Phi) is 6.14. The summed E-state index contributed by atoms with van der Waals surface area (Å²) >= 11 is 0. The summed E-state index contributed by atoms with van der Waals surface area (Å²) < 4.78 is 23.0. The molecule has 36 heavy (non-hydrogen) atoms. The highest BCUT2D eigenvalue weighted by Crippen LogP contribution is 2.44. The zero-order valence-corrected chi connectivity index (χ0v) is 20.2. The molecule has 0 amide bonds. The van der Waals surface area contributed by atoms with E-state index in [4.69, 9.17) is 18.6 Å². The molecule has 4 aromatic rings. The lowest BCUT2D eigenvalue weighted by molar-refractivity contribution is -0.135. The molecule has 1 N–H and O–H groups in total. The lowest BCUT2D eigenvalue weighted by Gasteiger charge is -2.26. The number of aromatic hydroxyl groups is 1. The van der Waals surface area contributed by atoms with E-state index in [-0.39, 0.29) is 23.6 Å². The van der Waals surface area contributed by atoms with Crippen LogP contribution in [0.1, 0.15) is 37.3 Å². The van der Waals surface area contributed by atoms with Gasteiger partial charge in [-0.15, -0.1) is 0 Å². The Morgan fingerprint density at radius 3 is 2.53 bits per heavy atom. The third-order valence-electron chi connectivity index (χ3n) is 6.22. The Morgan fingerprint density at radius 1 is 1.03 bits per heavy atom. The van der Waals surface area contributed by atoms with Crippen LogP contribution in [0.5, 0.6) is 23.0 Å². The minimum absolute atomic E-state index is 0.0882. The Hall–Kier alpha value is -4.26. The highest BCUT2D eigenvalue weighted by atomic mass is 16.5. The first-order valence-corrected chi connectivity index (χ1v) is 11.7. The lowest BCUT2D eigenvalue weighted by atomic mass is 9.85. The molecule has 3 aromatic carbocycles. The van der Waals surface area contributed by atoms with E-state index in [1.807, 2.05) is 18.2 Å². The van der Waals surface area contributed by atoms with Crippen LogP contribution in [0, 0.1) is 5.92 Å². The van der Waals surface area contributed by atoms with E-state index < -0.39 is 5.92 Å². The molecule has 2 heterocycles. The predicted octanol–water partition coefficient (Wildman–Crippen LogP) is 5.65. The number of methoxy groups -OCH3 is 1. The largest absolute Gasteiger partial charge is 0.508 e. The smallest absolute Gasteiger partial charge is 0.312 e. The second kappa shape index (κ2) is 9.41. The van der Waals surface area contributed by atoms with Crippen LogP contribution in [-0.4, -0.2) is 24.8 Å². The summed E-state index contributed by atoms with van der Waals surface area (Å²) in [5.41, 5.74) is 2.62. The van der Waals surface area contributed by atoms with Crippen molar-refractivity contribution in [1.82, 2.24) is 0 Å². The van der Waals surface area contributed by atoms with Gasteiger partial charge in [-0.25, -0.2) is 0 Å². The molecule has 1 aliphatic heterocycles. The van der Waals surface area contributed by atoms with Crippen LogP contribution >= 0.6 is 0 Å². The standard InChI is InChI=1S/C29H26O7/c1-16(2)14-34-23-10-6-18(12-25(23)33-3)21-13-26(31)36-24-11-9-20-28(32)22(15-35-29(20)27(21)24)17-4-7-19(30)8-5-17/h4-12,15-16,21,30H,13-14H2,1-3H3. The van der Waals surface area contributed by atoms with Gasteiger partial charge in [-0.3, -0.25) is 9.59 Å². The Morgan fingerprint density at radius 2 is 1.81 bits per heavy atom. The Labute approximate surface area is 207 Å². The molecule has 0 aliphatic carbocycles. The molecule has 7 nitrogen and oxygen atoms in total. The molecular weight excluding hydrogens is 460 g/mol. The molecule has 0 radical (unpaired) electrons. The molecule has 1 atom stereocenters. The fourth-order valence-corrected chi connectivity index (χ4v) is 4.46. The van der Waals surface area contributed by atoms with Gasteiger partial charge in [-0.05, 0) is 53.4 Å². The number of esters is 1. The van der Waals surface area contributed by atoms with Gasteiger partial charge in [0.05, 0.1) is 31.1 Å². The van der Waals surface area contributed by atoms with E-state index in [0.29, 0.717) is 57.4 Å². The second-order valence-corrected chi connectivity index (χ2v) is 9.23. The summed E-state index contributed by atoms with van der Waals surface area (Å²) in [6.45, 7) is 4.68. The summed E-state index contributed by atoms with van der Waals surface area (Å²) in [6.07, 6.45) is 1.50. The number of rotatable bonds is 6. The average molecular weight is 487 g/mol. The van der Waals surface area contributed by atoms with Crippen molar-refractivity contribution in [2.75, 3.05) is 13.7 Å². The van der Waals surface area contributed by atoms with Crippen LogP contribution in [0.2, 0.25) is 0 Å². The van der Waals surface area contributed by atoms with Gasteiger partial charge in [0.2, 0.25) is 5.43 Å². The zero-order valence-electron chi connectivity index (χ0n) is 20.2. The molecule has 184 valence electrons. The third kappa shape index (κ3) is 4.28. The van der Waals surface area contributed by atoms with Crippen molar-refractivity contribution in [3.05, 3.63) is 82.2 Å². The molecule has 1 aromatic heterocycles. The number of carbonyl (C=O) groups excluding carboxylic acids is 1. The molecule has 0 saturated heterocycles. The van der Waals surface area contributed by atoms with Crippen LogP contribution in [0.25, 0.3) is 22.1 Å². The maximum Gasteiger partial charge on any atom is 0.312 e. The van der Waals surface area contributed by atoms with Crippen molar-refractivity contribution in [2.45, 2.75) is 26.2 Å². The normalized spacial score (nSPS) is 15.0. The van der Waals surface area contributed by atoms with Gasteiger partial charge >= 0.3 is 5.97 Å². The number of benzene rings is 3. The van der Waals surface area contributed by atoms with Crippen molar-refractivity contribution in [3.63, 3.8) is 0 Å². The molecule has 0 bridgehead atoms. The van der Waals surface area contributed by atoms with E-state index in [2.05, 4.69) is 13.8 Å². The van der Waals surface area contributed by atoms with Crippen LogP contribution in [0.3, 0.4) is 0 Å². The Bertz CT molecular complexity index is 1500. The Balaban J connectivity index is 1.63. The van der Waals surface area contributed by atoms with Gasteiger partial charge in [-0.1, -0.05) is 32.0 Å². The fourth-order valence-electron chi connectivity index (χ4n) is 4.46. The number of ether oxygens (including phenoxy) is 3. The minimum atomic E-state index is -0.402. The molecule has 0 saturated carbocycles. The topological polar surface area (TPSA) is 95.2 Å². The van der Waals surface area contributed by atoms with Crippen molar-refractivity contribution in [2.24, 2.45) is 5.92 Å². The zero-order chi connectivity index (χ0) is 25.4. The van der Waals surface area contributed by atoms with Gasteiger partial charge in [0, 0.05) is 11.5 Å². The second-order valence-electron chi connectivity index (χ2n) is 9.23. The number of carbonyl (C=O) groups is 1. The lowest BCUT2D eigenvalue weighted by Crippen LogP contribution is -2.22. The van der Waals surface area contributed by atoms with Crippen molar-refractivity contribution in [1.29, 1.82) is 0 Å². The van der Waals surface area contributed by atoms with E-state index in [9.17, 15) is 14.7 Å². The maximum atomic E-state index is 13.4. The van der Waals surface area contributed by atoms with Gasteiger partial charge < -0.3 is 23.7 Å². The van der Waals surface area contributed by atoms with E-state index >= 15 is 0 Å². The van der Waals surface area contributed by atoms with Crippen molar-refractivity contribution < 1.29 is 28.5 Å². The number of hydrogen-bond donors (Lipinski definition) is 1. The predicted molar refractivity (Wildman–Crippen MR) is 135 cm³/mol. The van der Waals surface area contributed by atoms with Crippen LogP contribution in [0.15, 0.2) is 70.1 Å². The summed E-state index contributed by atoms with van der Waals surface area (Å²) in [5, 5.41) is 9.97. The van der Waals surface area contributed by atoms with Crippen molar-refractivity contribution in [3.8, 4) is 34.1 Å². The monoisotopic (exact) mass is 486 g/mol. The highest BCUT2D eigenvalue weighted by Gasteiger charge is 2.32. The molecule has 0 fully saturated rings. The number of hydrogen-bond acceptors (Lipinski definition) is 7. The van der Waals surface area contributed by atoms with Gasteiger partial charge in [-0.2, -0.15) is 0 Å². The SMILES string of the molecule is COc1cc(C2CC(=O)Oc3ccc4c(=O)c(-c5ccc(O)cc5)coc4c32)ccc1OCC(C)C. The van der Waals surface area contributed by atoms with E-state index in [0.717, 1.165) is 5.56 Å². The number of fused-ring (bicyclic) bond motifs is 3. The minimum Gasteiger partial charge on any atom is -0.508 e. The molecule has 7 heteroatoms. The van der Waals surface area contributed by atoms with Gasteiger partial charge in [0.1, 0.15) is 23.3 Å². The molecule has 1 unspecified atom stereocenters. The first kappa shape index (κ1) is 23.5. The fraction of sp³-hybridized carbons (Fsp3) is 0.241. The number of phenolic OH excluding ortho intramolecular Hbond substituents is 1. The summed E-state index contributed by atoms with van der Waals surface area (Å²) in [4.78, 5) is 25.9. The maximum absolute atomic E-state index is 13.4. The van der Waals surface area contributed by atoms with Gasteiger partial charge in [0.25, 0.3) is 0 Å². The number of phenols is 1. The van der Waals surface area contributed by atoms with Crippen LogP contribution in [0.4, 0.5) is 0 Å². The first-order valence-electron chi connectivity index (χ1n) is 11.7. The molecular formula is C29H26O7. The molecule has 0 spiro atoms. The highest BCUT2D eigenvalue weighted by molar-refractivity contribution is 5.90. The first-order chi connectivity index (χ1) is 17.4. The van der Waals surface area contributed by atoms with E-state index in [1.165, 1.54) is 18.4 Å². The van der Waals surface area contributed by atoms with Crippen molar-refractivity contribution >= 4 is 16.9 Å². The van der Waals surface area contributed by atoms with Gasteiger partial charge in [0.15, 0.2) is 11.5 Å². The van der Waals surface area contributed by atoms with Crippen LogP contribution in [-0.2, 0) is 4.79 Å². The van der Waals surface area contributed by atoms with E-state index in [1.54, 1.807) is 31.4 Å². The summed E-state index contributed by atoms with van der Waals surface area (Å²) in [6, 6.07) is 15.2.